The zero-order valence-corrected chi connectivity index (χ0v) is 13.4. The fourth-order valence-electron chi connectivity index (χ4n) is 1.87. The summed E-state index contributed by atoms with van der Waals surface area (Å²) in [4.78, 5) is 13.4. The van der Waals surface area contributed by atoms with Gasteiger partial charge in [0, 0.05) is 24.5 Å². The lowest BCUT2D eigenvalue weighted by molar-refractivity contribution is 0.669. The molecular weight excluding hydrogens is 300 g/mol. The fraction of sp³-hybridized carbons (Fsp3) is 0.267. The summed E-state index contributed by atoms with van der Waals surface area (Å²) in [6.07, 6.45) is 4.89. The van der Waals surface area contributed by atoms with Crippen molar-refractivity contribution in [2.45, 2.75) is 29.4 Å². The van der Waals surface area contributed by atoms with E-state index >= 15 is 0 Å². The standard InChI is InChI=1S/C15H16N4S2/c1-2-7-16-8-11-9-17-14(18-10-11)21-15-19-12-5-3-4-6-13(12)20-15/h3-6,9-10,16H,2,7-8H2,1H3. The van der Waals surface area contributed by atoms with Crippen LogP contribution in [0, 0.1) is 0 Å². The molecule has 0 atom stereocenters. The molecule has 0 spiro atoms. The molecule has 0 saturated carbocycles. The molecule has 0 aliphatic rings. The molecule has 108 valence electrons. The van der Waals surface area contributed by atoms with Gasteiger partial charge in [-0.15, -0.1) is 11.3 Å². The first-order valence-corrected chi connectivity index (χ1v) is 8.53. The topological polar surface area (TPSA) is 50.7 Å². The van der Waals surface area contributed by atoms with E-state index in [4.69, 9.17) is 0 Å². The summed E-state index contributed by atoms with van der Waals surface area (Å²) >= 11 is 3.19. The van der Waals surface area contributed by atoms with E-state index in [1.54, 1.807) is 11.3 Å². The molecule has 4 nitrogen and oxygen atoms in total. The second kappa shape index (κ2) is 6.98. The summed E-state index contributed by atoms with van der Waals surface area (Å²) in [5.41, 5.74) is 2.14. The average Bonchev–Trinajstić information content (AvgIpc) is 2.91. The molecule has 2 heterocycles. The number of hydrogen-bond acceptors (Lipinski definition) is 6. The van der Waals surface area contributed by atoms with Gasteiger partial charge in [-0.25, -0.2) is 15.0 Å². The lowest BCUT2D eigenvalue weighted by Gasteiger charge is -2.02. The Morgan fingerprint density at radius 1 is 1.19 bits per heavy atom. The van der Waals surface area contributed by atoms with E-state index < -0.39 is 0 Å². The number of hydrogen-bond donors (Lipinski definition) is 1. The molecular formula is C15H16N4S2. The number of nitrogens with one attached hydrogen (secondary N) is 1. The van der Waals surface area contributed by atoms with Gasteiger partial charge in [0.05, 0.1) is 10.2 Å². The van der Waals surface area contributed by atoms with Gasteiger partial charge < -0.3 is 5.32 Å². The number of aromatic nitrogens is 3. The predicted molar refractivity (Wildman–Crippen MR) is 87.8 cm³/mol. The lowest BCUT2D eigenvalue weighted by atomic mass is 10.3. The van der Waals surface area contributed by atoms with Crippen LogP contribution in [-0.4, -0.2) is 21.5 Å². The van der Waals surface area contributed by atoms with Gasteiger partial charge in [-0.1, -0.05) is 19.1 Å². The van der Waals surface area contributed by atoms with Crippen molar-refractivity contribution in [1.29, 1.82) is 0 Å². The maximum Gasteiger partial charge on any atom is 0.194 e. The molecule has 0 bridgehead atoms. The van der Waals surface area contributed by atoms with Gasteiger partial charge in [0.1, 0.15) is 0 Å². The van der Waals surface area contributed by atoms with Crippen LogP contribution in [0.4, 0.5) is 0 Å². The number of thiazole rings is 1. The second-order valence-electron chi connectivity index (χ2n) is 4.60. The van der Waals surface area contributed by atoms with E-state index in [9.17, 15) is 0 Å². The number of benzene rings is 1. The first-order chi connectivity index (χ1) is 10.3. The molecule has 0 aliphatic heterocycles. The highest BCUT2D eigenvalue weighted by Gasteiger charge is 2.07. The maximum absolute atomic E-state index is 4.58. The highest BCUT2D eigenvalue weighted by atomic mass is 32.2. The van der Waals surface area contributed by atoms with Crippen LogP contribution in [0.5, 0.6) is 0 Å². The zero-order valence-electron chi connectivity index (χ0n) is 11.7. The van der Waals surface area contributed by atoms with E-state index in [1.807, 2.05) is 30.6 Å². The van der Waals surface area contributed by atoms with Gasteiger partial charge in [0.25, 0.3) is 0 Å². The van der Waals surface area contributed by atoms with Gasteiger partial charge >= 0.3 is 0 Å². The molecule has 3 rings (SSSR count). The molecule has 0 radical (unpaired) electrons. The monoisotopic (exact) mass is 316 g/mol. The van der Waals surface area contributed by atoms with Crippen LogP contribution in [0.15, 0.2) is 46.2 Å². The molecule has 1 aromatic carbocycles. The molecule has 0 unspecified atom stereocenters. The van der Waals surface area contributed by atoms with E-state index in [-0.39, 0.29) is 0 Å². The molecule has 0 fully saturated rings. The summed E-state index contributed by atoms with van der Waals surface area (Å²) in [5.74, 6) is 0. The molecule has 0 amide bonds. The van der Waals surface area contributed by atoms with Crippen molar-refractivity contribution < 1.29 is 0 Å². The van der Waals surface area contributed by atoms with Gasteiger partial charge in [0.15, 0.2) is 9.50 Å². The third-order valence-electron chi connectivity index (χ3n) is 2.89. The summed E-state index contributed by atoms with van der Waals surface area (Å²) < 4.78 is 2.17. The molecule has 0 aliphatic carbocycles. The van der Waals surface area contributed by atoms with Crippen LogP contribution in [0.3, 0.4) is 0 Å². The van der Waals surface area contributed by atoms with Crippen molar-refractivity contribution in [2.24, 2.45) is 0 Å². The van der Waals surface area contributed by atoms with Crippen molar-refractivity contribution in [1.82, 2.24) is 20.3 Å². The van der Waals surface area contributed by atoms with Crippen molar-refractivity contribution in [3.63, 3.8) is 0 Å². The molecule has 6 heteroatoms. The molecule has 0 saturated heterocycles. The zero-order chi connectivity index (χ0) is 14.5. The number of rotatable bonds is 6. The largest absolute Gasteiger partial charge is 0.313 e. The summed E-state index contributed by atoms with van der Waals surface area (Å²) in [6.45, 7) is 3.99. The van der Waals surface area contributed by atoms with Gasteiger partial charge in [0.2, 0.25) is 0 Å². The van der Waals surface area contributed by atoms with Crippen LogP contribution in [0.1, 0.15) is 18.9 Å². The summed E-state index contributed by atoms with van der Waals surface area (Å²) in [5, 5.41) is 4.08. The SMILES string of the molecule is CCCNCc1cnc(Sc2nc3ccccc3s2)nc1. The maximum atomic E-state index is 4.58. The second-order valence-corrected chi connectivity index (χ2v) is 6.85. The minimum Gasteiger partial charge on any atom is -0.313 e. The number of para-hydroxylation sites is 1. The quantitative estimate of drug-likeness (QED) is 0.554. The van der Waals surface area contributed by atoms with Gasteiger partial charge in [-0.2, -0.15) is 0 Å². The number of nitrogens with zero attached hydrogens (tertiary/aromatic N) is 3. The van der Waals surface area contributed by atoms with Crippen molar-refractivity contribution in [3.8, 4) is 0 Å². The van der Waals surface area contributed by atoms with E-state index in [0.717, 1.165) is 40.1 Å². The normalized spacial score (nSPS) is 11.1. The molecule has 2 aromatic heterocycles. The first-order valence-electron chi connectivity index (χ1n) is 6.90. The van der Waals surface area contributed by atoms with E-state index in [2.05, 4.69) is 33.3 Å². The highest BCUT2D eigenvalue weighted by molar-refractivity contribution is 8.01. The average molecular weight is 316 g/mol. The Bertz CT molecular complexity index is 676. The van der Waals surface area contributed by atoms with Crippen LogP contribution >= 0.6 is 23.1 Å². The van der Waals surface area contributed by atoms with Crippen LogP contribution < -0.4 is 5.32 Å². The van der Waals surface area contributed by atoms with Crippen molar-refractivity contribution >= 4 is 33.3 Å². The Morgan fingerprint density at radius 3 is 2.76 bits per heavy atom. The van der Waals surface area contributed by atoms with Gasteiger partial charge in [-0.3, -0.25) is 0 Å². The molecule has 21 heavy (non-hydrogen) atoms. The smallest absolute Gasteiger partial charge is 0.194 e. The highest BCUT2D eigenvalue weighted by Crippen LogP contribution is 2.32. The Labute approximate surface area is 132 Å². The van der Waals surface area contributed by atoms with Crippen LogP contribution in [-0.2, 0) is 6.54 Å². The third-order valence-corrected chi connectivity index (χ3v) is 4.88. The summed E-state index contributed by atoms with van der Waals surface area (Å²) in [6, 6.07) is 8.15. The van der Waals surface area contributed by atoms with Crippen molar-refractivity contribution in [2.75, 3.05) is 6.54 Å². The van der Waals surface area contributed by atoms with E-state index in [1.165, 1.54) is 16.5 Å². The minimum atomic E-state index is 0.744. The first kappa shape index (κ1) is 14.4. The Balaban J connectivity index is 1.67. The fourth-order valence-corrected chi connectivity index (χ4v) is 3.74. The van der Waals surface area contributed by atoms with Crippen LogP contribution in [0.25, 0.3) is 10.2 Å². The van der Waals surface area contributed by atoms with Crippen molar-refractivity contribution in [3.05, 3.63) is 42.2 Å². The number of fused-ring (bicyclic) bond motifs is 1. The third kappa shape index (κ3) is 3.78. The molecule has 1 N–H and O–H groups in total. The Kier molecular flexibility index (Phi) is 4.80. The Hall–Kier alpha value is -1.50. The predicted octanol–water partition coefficient (Wildman–Crippen LogP) is 3.74. The van der Waals surface area contributed by atoms with Gasteiger partial charge in [-0.05, 0) is 36.9 Å². The van der Waals surface area contributed by atoms with E-state index in [0.29, 0.717) is 0 Å². The van der Waals surface area contributed by atoms with Crippen LogP contribution in [0.2, 0.25) is 0 Å². The summed E-state index contributed by atoms with van der Waals surface area (Å²) in [7, 11) is 0. The Morgan fingerprint density at radius 2 is 2.00 bits per heavy atom. The molecule has 3 aromatic rings. The lowest BCUT2D eigenvalue weighted by Crippen LogP contribution is -2.14. The minimum absolute atomic E-state index is 0.744.